The quantitative estimate of drug-likeness (QED) is 0.551. The van der Waals surface area contributed by atoms with Crippen molar-refractivity contribution >= 4 is 29.7 Å². The van der Waals surface area contributed by atoms with Crippen molar-refractivity contribution in [1.29, 1.82) is 0 Å². The van der Waals surface area contributed by atoms with Crippen LogP contribution in [0, 0.1) is 17.0 Å². The fraction of sp³-hybridized carbons (Fsp3) is 0.350. The lowest BCUT2D eigenvalue weighted by atomic mass is 10.0. The van der Waals surface area contributed by atoms with Crippen molar-refractivity contribution in [3.8, 4) is 5.75 Å². The van der Waals surface area contributed by atoms with Crippen molar-refractivity contribution in [2.24, 2.45) is 0 Å². The fourth-order valence-corrected chi connectivity index (χ4v) is 3.42. The molecule has 1 atom stereocenters. The van der Waals surface area contributed by atoms with Crippen LogP contribution in [0.25, 0.3) is 0 Å². The summed E-state index contributed by atoms with van der Waals surface area (Å²) >= 11 is 0. The third-order valence-corrected chi connectivity index (χ3v) is 4.90. The number of rotatable bonds is 6. The Bertz CT molecular complexity index is 877. The lowest BCUT2D eigenvalue weighted by molar-refractivity contribution is -0.384. The molecule has 1 saturated heterocycles. The zero-order valence-electron chi connectivity index (χ0n) is 16.4. The van der Waals surface area contributed by atoms with Crippen molar-refractivity contribution < 1.29 is 14.5 Å². The van der Waals surface area contributed by atoms with Gasteiger partial charge in [0, 0.05) is 37.3 Å². The highest BCUT2D eigenvalue weighted by Crippen LogP contribution is 2.30. The molecule has 1 amide bonds. The van der Waals surface area contributed by atoms with Crippen LogP contribution in [0.4, 0.5) is 11.4 Å². The van der Waals surface area contributed by atoms with E-state index >= 15 is 0 Å². The standard InChI is InChI=1S/C20H24N4O4.ClH/c1-14-7-8-15(24(26)27)11-17(14)22-20(25)13-23-10-9-21-12-18(23)16-5-3-4-6-19(16)28-2;/h3-8,11,18,21H,9-10,12-13H2,1-2H3,(H,22,25);1H. The number of anilines is 1. The second kappa shape index (κ2) is 10.2. The summed E-state index contributed by atoms with van der Waals surface area (Å²) in [4.78, 5) is 25.3. The smallest absolute Gasteiger partial charge is 0.271 e. The van der Waals surface area contributed by atoms with E-state index in [1.807, 2.05) is 31.2 Å². The number of aryl methyl sites for hydroxylation is 1. The van der Waals surface area contributed by atoms with Gasteiger partial charge in [-0.1, -0.05) is 24.3 Å². The number of piperazine rings is 1. The number of nitrogens with one attached hydrogen (secondary N) is 2. The third-order valence-electron chi connectivity index (χ3n) is 4.90. The highest BCUT2D eigenvalue weighted by atomic mass is 35.5. The molecule has 0 aliphatic carbocycles. The molecule has 2 aromatic carbocycles. The van der Waals surface area contributed by atoms with Gasteiger partial charge in [0.2, 0.25) is 5.91 Å². The zero-order valence-corrected chi connectivity index (χ0v) is 17.2. The van der Waals surface area contributed by atoms with E-state index < -0.39 is 4.92 Å². The van der Waals surface area contributed by atoms with E-state index in [-0.39, 0.29) is 36.6 Å². The first-order valence-corrected chi connectivity index (χ1v) is 9.12. The van der Waals surface area contributed by atoms with Crippen LogP contribution < -0.4 is 15.4 Å². The molecule has 3 rings (SSSR count). The molecule has 8 nitrogen and oxygen atoms in total. The van der Waals surface area contributed by atoms with E-state index in [4.69, 9.17) is 4.74 Å². The van der Waals surface area contributed by atoms with Crippen LogP contribution in [0.1, 0.15) is 17.2 Å². The lowest BCUT2D eigenvalue weighted by Crippen LogP contribution is -2.48. The summed E-state index contributed by atoms with van der Waals surface area (Å²) < 4.78 is 5.48. The second-order valence-electron chi connectivity index (χ2n) is 6.74. The van der Waals surface area contributed by atoms with Crippen molar-refractivity contribution in [3.05, 3.63) is 63.7 Å². The Morgan fingerprint density at radius 2 is 2.10 bits per heavy atom. The van der Waals surface area contributed by atoms with Gasteiger partial charge in [0.25, 0.3) is 5.69 Å². The Balaban J connectivity index is 0.00000300. The van der Waals surface area contributed by atoms with Gasteiger partial charge in [0.05, 0.1) is 30.3 Å². The normalized spacial score (nSPS) is 16.6. The van der Waals surface area contributed by atoms with Crippen molar-refractivity contribution in [2.75, 3.05) is 38.6 Å². The summed E-state index contributed by atoms with van der Waals surface area (Å²) in [6.45, 7) is 4.20. The summed E-state index contributed by atoms with van der Waals surface area (Å²) in [6.07, 6.45) is 0. The zero-order chi connectivity index (χ0) is 20.1. The molecule has 1 aliphatic heterocycles. The average molecular weight is 421 g/mol. The van der Waals surface area contributed by atoms with Crippen LogP contribution in [-0.4, -0.2) is 49.0 Å². The molecular weight excluding hydrogens is 396 g/mol. The van der Waals surface area contributed by atoms with Gasteiger partial charge in [0.15, 0.2) is 0 Å². The van der Waals surface area contributed by atoms with E-state index in [9.17, 15) is 14.9 Å². The van der Waals surface area contributed by atoms with Gasteiger partial charge in [-0.2, -0.15) is 0 Å². The number of carbonyl (C=O) groups is 1. The second-order valence-corrected chi connectivity index (χ2v) is 6.74. The lowest BCUT2D eigenvalue weighted by Gasteiger charge is -2.36. The third kappa shape index (κ3) is 5.44. The number of nitro groups is 1. The van der Waals surface area contributed by atoms with E-state index in [1.54, 1.807) is 13.2 Å². The molecule has 29 heavy (non-hydrogen) atoms. The Morgan fingerprint density at radius 3 is 2.83 bits per heavy atom. The highest BCUT2D eigenvalue weighted by molar-refractivity contribution is 5.93. The van der Waals surface area contributed by atoms with E-state index in [1.165, 1.54) is 12.1 Å². The number of methoxy groups -OCH3 is 1. The van der Waals surface area contributed by atoms with E-state index in [0.717, 1.165) is 23.4 Å². The molecule has 0 radical (unpaired) electrons. The number of non-ortho nitro benzene ring substituents is 1. The molecule has 0 bridgehead atoms. The van der Waals surface area contributed by atoms with Gasteiger partial charge in [-0.05, 0) is 18.6 Å². The molecule has 0 aromatic heterocycles. The number of halogens is 1. The van der Waals surface area contributed by atoms with Gasteiger partial charge in [-0.15, -0.1) is 12.4 Å². The molecule has 2 aromatic rings. The molecule has 1 unspecified atom stereocenters. The first-order chi connectivity index (χ1) is 13.5. The molecule has 156 valence electrons. The fourth-order valence-electron chi connectivity index (χ4n) is 3.42. The summed E-state index contributed by atoms with van der Waals surface area (Å²) in [7, 11) is 1.64. The maximum atomic E-state index is 12.7. The summed E-state index contributed by atoms with van der Waals surface area (Å²) in [5.41, 5.74) is 2.22. The number of carbonyl (C=O) groups excluding carboxylic acids is 1. The van der Waals surface area contributed by atoms with Crippen LogP contribution in [0.5, 0.6) is 5.75 Å². The topological polar surface area (TPSA) is 96.7 Å². The van der Waals surface area contributed by atoms with Gasteiger partial charge >= 0.3 is 0 Å². The van der Waals surface area contributed by atoms with Crippen LogP contribution >= 0.6 is 12.4 Å². The first-order valence-electron chi connectivity index (χ1n) is 9.12. The van der Waals surface area contributed by atoms with Crippen LogP contribution in [-0.2, 0) is 4.79 Å². The average Bonchev–Trinajstić information content (AvgIpc) is 2.70. The molecule has 1 heterocycles. The molecule has 0 spiro atoms. The van der Waals surface area contributed by atoms with Gasteiger partial charge < -0.3 is 15.4 Å². The number of benzene rings is 2. The minimum Gasteiger partial charge on any atom is -0.496 e. The predicted molar refractivity (Wildman–Crippen MR) is 114 cm³/mol. The maximum Gasteiger partial charge on any atom is 0.271 e. The first kappa shape index (κ1) is 22.6. The number of nitrogens with zero attached hydrogens (tertiary/aromatic N) is 2. The van der Waals surface area contributed by atoms with Gasteiger partial charge in [-0.3, -0.25) is 19.8 Å². The van der Waals surface area contributed by atoms with Crippen molar-refractivity contribution in [3.63, 3.8) is 0 Å². The van der Waals surface area contributed by atoms with E-state index in [2.05, 4.69) is 15.5 Å². The molecule has 2 N–H and O–H groups in total. The molecule has 1 aliphatic rings. The molecule has 9 heteroatoms. The Kier molecular flexibility index (Phi) is 7.95. The summed E-state index contributed by atoms with van der Waals surface area (Å²) in [6, 6.07) is 12.2. The minimum atomic E-state index is -0.469. The van der Waals surface area contributed by atoms with Gasteiger partial charge in [0.1, 0.15) is 5.75 Å². The van der Waals surface area contributed by atoms with Crippen molar-refractivity contribution in [1.82, 2.24) is 10.2 Å². The monoisotopic (exact) mass is 420 g/mol. The van der Waals surface area contributed by atoms with Crippen molar-refractivity contribution in [2.45, 2.75) is 13.0 Å². The Labute approximate surface area is 175 Å². The number of nitro benzene ring substituents is 1. The summed E-state index contributed by atoms with van der Waals surface area (Å²) in [5, 5.41) is 17.2. The number of hydrogen-bond donors (Lipinski definition) is 2. The Hall–Kier alpha value is -2.68. The number of ether oxygens (including phenoxy) is 1. The van der Waals surface area contributed by atoms with Crippen LogP contribution in [0.2, 0.25) is 0 Å². The largest absolute Gasteiger partial charge is 0.496 e. The van der Waals surface area contributed by atoms with Crippen LogP contribution in [0.15, 0.2) is 42.5 Å². The summed E-state index contributed by atoms with van der Waals surface area (Å²) in [5.74, 6) is 0.585. The number of amides is 1. The minimum absolute atomic E-state index is 0. The van der Waals surface area contributed by atoms with Gasteiger partial charge in [-0.25, -0.2) is 0 Å². The highest BCUT2D eigenvalue weighted by Gasteiger charge is 2.27. The van der Waals surface area contributed by atoms with E-state index in [0.29, 0.717) is 18.8 Å². The Morgan fingerprint density at radius 1 is 1.34 bits per heavy atom. The molecular formula is C20H25ClN4O4. The van der Waals surface area contributed by atoms with Crippen LogP contribution in [0.3, 0.4) is 0 Å². The molecule has 0 saturated carbocycles. The maximum absolute atomic E-state index is 12.7. The number of para-hydroxylation sites is 1. The molecule has 1 fully saturated rings. The number of hydrogen-bond acceptors (Lipinski definition) is 6. The SMILES string of the molecule is COc1ccccc1C1CNCCN1CC(=O)Nc1cc([N+](=O)[O-])ccc1C.Cl. The predicted octanol–water partition coefficient (Wildman–Crippen LogP) is 2.92.